The first-order valence-corrected chi connectivity index (χ1v) is 5.09. The van der Waals surface area contributed by atoms with Gasteiger partial charge in [0.05, 0.1) is 0 Å². The summed E-state index contributed by atoms with van der Waals surface area (Å²) in [7, 11) is -9.40. The van der Waals surface area contributed by atoms with Crippen molar-refractivity contribution in [3.05, 3.63) is 0 Å². The van der Waals surface area contributed by atoms with Crippen LogP contribution in [-0.4, -0.2) is 30.5 Å². The second-order valence-electron chi connectivity index (χ2n) is 1.60. The number of hydrogen-bond acceptors (Lipinski definition) is 4. The third kappa shape index (κ3) is 7.25. The van der Waals surface area contributed by atoms with Gasteiger partial charge >= 0.3 is 59.1 Å². The molecule has 0 aromatic heterocycles. The summed E-state index contributed by atoms with van der Waals surface area (Å²) in [6.07, 6.45) is 0. The Morgan fingerprint density at radius 1 is 1.00 bits per heavy atom. The van der Waals surface area contributed by atoms with Gasteiger partial charge in [-0.3, -0.25) is 9.11 Å². The van der Waals surface area contributed by atoms with Crippen LogP contribution < -0.4 is 59.1 Å². The SMILES string of the molecule is CC(S(=O)(=O)O)S(=O)(=O)O.[H-].[H-].[Na+].[Na+]. The van der Waals surface area contributed by atoms with Gasteiger partial charge in [0.15, 0.2) is 0 Å². The van der Waals surface area contributed by atoms with Crippen molar-refractivity contribution >= 4 is 20.2 Å². The molecule has 0 aliphatic carbocycles. The van der Waals surface area contributed by atoms with Crippen molar-refractivity contribution < 1.29 is 87.9 Å². The molecule has 0 aromatic carbocycles. The third-order valence-electron chi connectivity index (χ3n) is 0.839. The van der Waals surface area contributed by atoms with Crippen molar-refractivity contribution in [2.24, 2.45) is 0 Å². The van der Waals surface area contributed by atoms with E-state index in [-0.39, 0.29) is 62.0 Å². The van der Waals surface area contributed by atoms with Gasteiger partial charge in [-0.25, -0.2) is 0 Å². The van der Waals surface area contributed by atoms with Crippen LogP contribution in [0.25, 0.3) is 0 Å². The van der Waals surface area contributed by atoms with Crippen molar-refractivity contribution in [3.8, 4) is 0 Å². The Labute approximate surface area is 118 Å². The summed E-state index contributed by atoms with van der Waals surface area (Å²) >= 11 is 0. The van der Waals surface area contributed by atoms with E-state index in [1.807, 2.05) is 0 Å². The van der Waals surface area contributed by atoms with E-state index in [1.54, 1.807) is 0 Å². The maximum atomic E-state index is 9.99. The Hall–Kier alpha value is 1.82. The summed E-state index contributed by atoms with van der Waals surface area (Å²) in [6, 6.07) is 0. The fourth-order valence-corrected chi connectivity index (χ4v) is 1.38. The third-order valence-corrected chi connectivity index (χ3v) is 3.98. The zero-order valence-corrected chi connectivity index (χ0v) is 12.6. The van der Waals surface area contributed by atoms with E-state index in [2.05, 4.69) is 0 Å². The molecule has 10 heteroatoms. The normalized spacial score (nSPS) is 11.7. The second-order valence-corrected chi connectivity index (χ2v) is 5.37. The average molecular weight is 238 g/mol. The second kappa shape index (κ2) is 6.33. The van der Waals surface area contributed by atoms with Gasteiger partial charge in [0.25, 0.3) is 20.2 Å². The maximum Gasteiger partial charge on any atom is 1.00 e. The molecule has 0 unspecified atom stereocenters. The van der Waals surface area contributed by atoms with Gasteiger partial charge in [-0.05, 0) is 6.92 Å². The molecule has 0 fully saturated rings. The first-order valence-electron chi connectivity index (χ1n) is 2.08. The molecule has 0 heterocycles. The van der Waals surface area contributed by atoms with Crippen LogP contribution in [0.15, 0.2) is 0 Å². The zero-order chi connectivity index (χ0) is 8.58. The summed E-state index contributed by atoms with van der Waals surface area (Å²) in [5.41, 5.74) is 0. The van der Waals surface area contributed by atoms with E-state index in [0.717, 1.165) is 0 Å². The molecule has 0 bridgehead atoms. The van der Waals surface area contributed by atoms with Crippen LogP contribution in [0.5, 0.6) is 0 Å². The van der Waals surface area contributed by atoms with Crippen molar-refractivity contribution in [2.75, 3.05) is 0 Å². The van der Waals surface area contributed by atoms with Crippen LogP contribution in [0.3, 0.4) is 0 Å². The molecule has 0 aliphatic rings. The Bertz CT molecular complexity index is 279. The molecule has 6 nitrogen and oxygen atoms in total. The smallest absolute Gasteiger partial charge is 1.00 e. The predicted octanol–water partition coefficient (Wildman–Crippen LogP) is -6.66. The minimum Gasteiger partial charge on any atom is -1.00 e. The topological polar surface area (TPSA) is 109 Å². The molecule has 66 valence electrons. The van der Waals surface area contributed by atoms with Crippen LogP contribution in [0.4, 0.5) is 0 Å². The summed E-state index contributed by atoms with van der Waals surface area (Å²) in [5.74, 6) is 0. The van der Waals surface area contributed by atoms with Gasteiger partial charge in [0.2, 0.25) is 4.58 Å². The van der Waals surface area contributed by atoms with Crippen molar-refractivity contribution in [3.63, 3.8) is 0 Å². The molecule has 0 radical (unpaired) electrons. The van der Waals surface area contributed by atoms with Crippen LogP contribution in [0.1, 0.15) is 9.78 Å². The Morgan fingerprint density at radius 3 is 1.17 bits per heavy atom. The van der Waals surface area contributed by atoms with Crippen molar-refractivity contribution in [1.82, 2.24) is 0 Å². The molecule has 0 atom stereocenters. The summed E-state index contributed by atoms with van der Waals surface area (Å²) < 4.78 is 53.9. The largest absolute Gasteiger partial charge is 1.00 e. The standard InChI is InChI=1S/C2H6O6S2.2Na.2H/c1-2(9(3,4)5)10(6,7)8;;;;/h2H,1H3,(H,3,4,5)(H,6,7,8);;;;/q;2*+1;2*-1. The molecule has 0 rings (SSSR count). The van der Waals surface area contributed by atoms with Gasteiger partial charge in [0, 0.05) is 0 Å². The molecule has 2 N–H and O–H groups in total. The predicted molar refractivity (Wildman–Crippen MR) is 34.8 cm³/mol. The Morgan fingerprint density at radius 2 is 1.17 bits per heavy atom. The zero-order valence-electron chi connectivity index (χ0n) is 8.92. The minimum absolute atomic E-state index is 0. The van der Waals surface area contributed by atoms with E-state index in [1.165, 1.54) is 0 Å². The van der Waals surface area contributed by atoms with E-state index >= 15 is 0 Å². The van der Waals surface area contributed by atoms with Gasteiger partial charge in [0.1, 0.15) is 0 Å². The van der Waals surface area contributed by atoms with E-state index in [4.69, 9.17) is 9.11 Å². The quantitative estimate of drug-likeness (QED) is 0.365. The molecule has 0 aliphatic heterocycles. The Balaban J connectivity index is -0.0000000675. The number of hydrogen-bond donors (Lipinski definition) is 2. The van der Waals surface area contributed by atoms with Crippen molar-refractivity contribution in [1.29, 1.82) is 0 Å². The molecule has 0 amide bonds. The fourth-order valence-electron chi connectivity index (χ4n) is 0.154. The average Bonchev–Trinajstić information content (AvgIpc) is 1.59. The minimum atomic E-state index is -4.70. The monoisotopic (exact) mass is 238 g/mol. The number of rotatable bonds is 2. The van der Waals surface area contributed by atoms with Crippen LogP contribution in [-0.2, 0) is 20.2 Å². The fraction of sp³-hybridized carbons (Fsp3) is 1.00. The van der Waals surface area contributed by atoms with Gasteiger partial charge < -0.3 is 2.85 Å². The van der Waals surface area contributed by atoms with Crippen LogP contribution >= 0.6 is 0 Å². The molecular formula is C2H8Na2O6S2. The van der Waals surface area contributed by atoms with Crippen LogP contribution in [0.2, 0.25) is 0 Å². The van der Waals surface area contributed by atoms with E-state index < -0.39 is 24.8 Å². The molecule has 12 heavy (non-hydrogen) atoms. The summed E-state index contributed by atoms with van der Waals surface area (Å²) in [6.45, 7) is 0.657. The van der Waals surface area contributed by atoms with Crippen molar-refractivity contribution in [2.45, 2.75) is 11.5 Å². The molecule has 0 saturated carbocycles. The Kier molecular flexibility index (Phi) is 10.2. The summed E-state index contributed by atoms with van der Waals surface area (Å²) in [4.78, 5) is 0. The first kappa shape index (κ1) is 19.4. The van der Waals surface area contributed by atoms with E-state index in [0.29, 0.717) is 6.92 Å². The molecular weight excluding hydrogens is 230 g/mol. The first-order chi connectivity index (χ1) is 4.15. The molecule has 0 spiro atoms. The molecule has 0 saturated heterocycles. The summed E-state index contributed by atoms with van der Waals surface area (Å²) in [5, 5.41) is 0. The molecule has 0 aromatic rings. The van der Waals surface area contributed by atoms with Gasteiger partial charge in [-0.2, -0.15) is 16.8 Å². The van der Waals surface area contributed by atoms with E-state index in [9.17, 15) is 16.8 Å². The maximum absolute atomic E-state index is 9.99. The van der Waals surface area contributed by atoms with Gasteiger partial charge in [-0.15, -0.1) is 0 Å². The van der Waals surface area contributed by atoms with Crippen LogP contribution in [0, 0.1) is 0 Å². The van der Waals surface area contributed by atoms with Gasteiger partial charge in [-0.1, -0.05) is 0 Å².